The molecule has 1 aliphatic heterocycles. The summed E-state index contributed by atoms with van der Waals surface area (Å²) in [6, 6.07) is 13.9. The number of ether oxygens (including phenoxy) is 2. The van der Waals surface area contributed by atoms with Crippen molar-refractivity contribution in [3.05, 3.63) is 48.0 Å². The monoisotopic (exact) mass is 425 g/mol. The van der Waals surface area contributed by atoms with Crippen LogP contribution in [0.1, 0.15) is 19.4 Å². The second kappa shape index (κ2) is 9.34. The zero-order chi connectivity index (χ0) is 20.9. The van der Waals surface area contributed by atoms with Gasteiger partial charge in [0.05, 0.1) is 16.8 Å². The maximum atomic E-state index is 12.6. The first-order valence-corrected chi connectivity index (χ1v) is 11.3. The van der Waals surface area contributed by atoms with Crippen molar-refractivity contribution in [2.75, 3.05) is 44.3 Å². The molecule has 0 atom stereocenters. The van der Waals surface area contributed by atoms with Gasteiger partial charge in [-0.3, -0.25) is 4.79 Å². The van der Waals surface area contributed by atoms with Gasteiger partial charge in [-0.05, 0) is 43.2 Å². The van der Waals surface area contributed by atoms with Crippen molar-refractivity contribution < 1.29 is 14.3 Å². The third-order valence-electron chi connectivity index (χ3n) is 5.25. The summed E-state index contributed by atoms with van der Waals surface area (Å²) in [5.74, 6) is 1.27. The number of carbonyl (C=O) groups excluding carboxylic acids is 1. The van der Waals surface area contributed by atoms with Crippen LogP contribution in [0.25, 0.3) is 10.2 Å². The van der Waals surface area contributed by atoms with E-state index < -0.39 is 0 Å². The van der Waals surface area contributed by atoms with Crippen LogP contribution in [-0.2, 0) is 11.2 Å². The van der Waals surface area contributed by atoms with Crippen LogP contribution in [-0.4, -0.2) is 55.2 Å². The summed E-state index contributed by atoms with van der Waals surface area (Å²) in [5.41, 5.74) is 2.38. The summed E-state index contributed by atoms with van der Waals surface area (Å²) in [5, 5.41) is 1.03. The van der Waals surface area contributed by atoms with Crippen molar-refractivity contribution in [2.24, 2.45) is 0 Å². The van der Waals surface area contributed by atoms with E-state index in [-0.39, 0.29) is 12.5 Å². The number of aromatic nitrogens is 1. The Balaban J connectivity index is 1.32. The third kappa shape index (κ3) is 4.51. The van der Waals surface area contributed by atoms with Crippen LogP contribution in [0.4, 0.5) is 5.13 Å². The molecular weight excluding hydrogens is 398 g/mol. The number of amides is 1. The zero-order valence-corrected chi connectivity index (χ0v) is 18.3. The van der Waals surface area contributed by atoms with Crippen LogP contribution >= 0.6 is 11.3 Å². The maximum Gasteiger partial charge on any atom is 0.260 e. The number of hydrogen-bond acceptors (Lipinski definition) is 6. The largest absolute Gasteiger partial charge is 0.490 e. The smallest absolute Gasteiger partial charge is 0.260 e. The molecule has 0 unspecified atom stereocenters. The minimum absolute atomic E-state index is 0.00200. The summed E-state index contributed by atoms with van der Waals surface area (Å²) in [7, 11) is 0. The van der Waals surface area contributed by atoms with Crippen molar-refractivity contribution in [1.82, 2.24) is 9.88 Å². The van der Waals surface area contributed by atoms with E-state index in [9.17, 15) is 4.79 Å². The summed E-state index contributed by atoms with van der Waals surface area (Å²) in [6.45, 7) is 7.57. The average molecular weight is 426 g/mol. The lowest BCUT2D eigenvalue weighted by Gasteiger charge is -2.34. The summed E-state index contributed by atoms with van der Waals surface area (Å²) in [4.78, 5) is 21.5. The average Bonchev–Trinajstić information content (AvgIpc) is 3.22. The molecule has 1 aliphatic rings. The molecule has 3 aromatic rings. The number of anilines is 1. The predicted octanol–water partition coefficient (Wildman–Crippen LogP) is 3.99. The normalized spacial score (nSPS) is 14.2. The molecule has 0 N–H and O–H groups in total. The van der Waals surface area contributed by atoms with Gasteiger partial charge in [-0.15, -0.1) is 0 Å². The van der Waals surface area contributed by atoms with Crippen molar-refractivity contribution in [1.29, 1.82) is 0 Å². The molecule has 4 rings (SSSR count). The number of aryl methyl sites for hydroxylation is 1. The number of para-hydroxylation sites is 2. The highest BCUT2D eigenvalue weighted by atomic mass is 32.1. The van der Waals surface area contributed by atoms with E-state index in [0.717, 1.165) is 30.2 Å². The van der Waals surface area contributed by atoms with Gasteiger partial charge >= 0.3 is 0 Å². The molecule has 1 fully saturated rings. The highest BCUT2D eigenvalue weighted by molar-refractivity contribution is 7.22. The lowest BCUT2D eigenvalue weighted by atomic mass is 10.2. The Morgan fingerprint density at radius 1 is 1.03 bits per heavy atom. The second-order valence-electron chi connectivity index (χ2n) is 7.19. The Labute approximate surface area is 181 Å². The Bertz CT molecular complexity index is 1010. The molecule has 0 bridgehead atoms. The van der Waals surface area contributed by atoms with Crippen molar-refractivity contribution >= 4 is 32.6 Å². The quantitative estimate of drug-likeness (QED) is 0.573. The van der Waals surface area contributed by atoms with E-state index in [2.05, 4.69) is 30.0 Å². The fourth-order valence-corrected chi connectivity index (χ4v) is 4.62. The Hall–Kier alpha value is -2.80. The molecule has 1 saturated heterocycles. The first kappa shape index (κ1) is 20.5. The standard InChI is InChI=1S/C23H27N3O3S/c1-3-17-9-10-18-21(15-17)30-23(24-18)26-13-11-25(12-14-26)22(27)16-29-20-8-6-5-7-19(20)28-4-2/h5-10,15H,3-4,11-14,16H2,1-2H3. The molecule has 1 amide bonds. The Morgan fingerprint density at radius 2 is 1.77 bits per heavy atom. The number of piperazine rings is 1. The fourth-order valence-electron chi connectivity index (χ4n) is 3.53. The number of rotatable bonds is 7. The van der Waals surface area contributed by atoms with Crippen LogP contribution in [0.2, 0.25) is 0 Å². The van der Waals surface area contributed by atoms with Gasteiger partial charge in [-0.2, -0.15) is 0 Å². The SMILES string of the molecule is CCOc1ccccc1OCC(=O)N1CCN(c2nc3ccc(CC)cc3s2)CC1. The molecule has 158 valence electrons. The molecular formula is C23H27N3O3S. The fraction of sp³-hybridized carbons (Fsp3) is 0.391. The molecule has 2 heterocycles. The molecule has 0 saturated carbocycles. The number of benzene rings is 2. The van der Waals surface area contributed by atoms with Crippen molar-refractivity contribution in [2.45, 2.75) is 20.3 Å². The topological polar surface area (TPSA) is 54.9 Å². The predicted molar refractivity (Wildman–Crippen MR) is 121 cm³/mol. The van der Waals surface area contributed by atoms with E-state index >= 15 is 0 Å². The molecule has 0 spiro atoms. The maximum absolute atomic E-state index is 12.6. The molecule has 7 heteroatoms. The van der Waals surface area contributed by atoms with E-state index in [0.29, 0.717) is 31.2 Å². The van der Waals surface area contributed by atoms with Gasteiger partial charge in [0.15, 0.2) is 23.2 Å². The van der Waals surface area contributed by atoms with Gasteiger partial charge in [0.2, 0.25) is 0 Å². The van der Waals surface area contributed by atoms with Crippen LogP contribution in [0.15, 0.2) is 42.5 Å². The van der Waals surface area contributed by atoms with E-state index in [1.165, 1.54) is 10.3 Å². The number of thiazole rings is 1. The highest BCUT2D eigenvalue weighted by Crippen LogP contribution is 2.30. The van der Waals surface area contributed by atoms with Gasteiger partial charge in [0, 0.05) is 26.2 Å². The summed E-state index contributed by atoms with van der Waals surface area (Å²) >= 11 is 1.73. The summed E-state index contributed by atoms with van der Waals surface area (Å²) < 4.78 is 12.5. The van der Waals surface area contributed by atoms with E-state index in [4.69, 9.17) is 14.5 Å². The number of hydrogen-bond donors (Lipinski definition) is 0. The number of nitrogens with zero attached hydrogens (tertiary/aromatic N) is 3. The van der Waals surface area contributed by atoms with Crippen LogP contribution < -0.4 is 14.4 Å². The minimum atomic E-state index is -0.00200. The van der Waals surface area contributed by atoms with Crippen LogP contribution in [0.5, 0.6) is 11.5 Å². The third-order valence-corrected chi connectivity index (χ3v) is 6.33. The molecule has 0 radical (unpaired) electrons. The van der Waals surface area contributed by atoms with Crippen LogP contribution in [0, 0.1) is 0 Å². The Kier molecular flexibility index (Phi) is 6.38. The van der Waals surface area contributed by atoms with Gasteiger partial charge in [0.1, 0.15) is 0 Å². The first-order valence-electron chi connectivity index (χ1n) is 10.4. The van der Waals surface area contributed by atoms with E-state index in [1.807, 2.05) is 36.1 Å². The number of fused-ring (bicyclic) bond motifs is 1. The highest BCUT2D eigenvalue weighted by Gasteiger charge is 2.23. The molecule has 1 aromatic heterocycles. The lowest BCUT2D eigenvalue weighted by Crippen LogP contribution is -2.50. The van der Waals surface area contributed by atoms with Crippen molar-refractivity contribution in [3.8, 4) is 11.5 Å². The van der Waals surface area contributed by atoms with Crippen LogP contribution in [0.3, 0.4) is 0 Å². The summed E-state index contributed by atoms with van der Waals surface area (Å²) in [6.07, 6.45) is 1.03. The Morgan fingerprint density at radius 3 is 2.47 bits per heavy atom. The molecule has 6 nitrogen and oxygen atoms in total. The number of carbonyl (C=O) groups is 1. The van der Waals surface area contributed by atoms with Crippen molar-refractivity contribution in [3.63, 3.8) is 0 Å². The molecule has 0 aliphatic carbocycles. The van der Waals surface area contributed by atoms with Gasteiger partial charge in [-0.1, -0.05) is 36.5 Å². The van der Waals surface area contributed by atoms with E-state index in [1.54, 1.807) is 11.3 Å². The van der Waals surface area contributed by atoms with Gasteiger partial charge < -0.3 is 19.3 Å². The zero-order valence-electron chi connectivity index (χ0n) is 17.5. The van der Waals surface area contributed by atoms with Gasteiger partial charge in [-0.25, -0.2) is 4.98 Å². The second-order valence-corrected chi connectivity index (χ2v) is 8.20. The molecule has 2 aromatic carbocycles. The first-order chi connectivity index (χ1) is 14.7. The van der Waals surface area contributed by atoms with Gasteiger partial charge in [0.25, 0.3) is 5.91 Å². The molecule has 30 heavy (non-hydrogen) atoms. The minimum Gasteiger partial charge on any atom is -0.490 e. The lowest BCUT2D eigenvalue weighted by molar-refractivity contribution is -0.133.